The Morgan fingerprint density at radius 1 is 1.37 bits per heavy atom. The summed E-state index contributed by atoms with van der Waals surface area (Å²) < 4.78 is 26.8. The molecule has 19 heavy (non-hydrogen) atoms. The third-order valence-electron chi connectivity index (χ3n) is 2.53. The van der Waals surface area contributed by atoms with E-state index in [4.69, 9.17) is 11.6 Å². The second-order valence-corrected chi connectivity index (χ2v) is 5.76. The van der Waals surface area contributed by atoms with Crippen LogP contribution < -0.4 is 5.32 Å². The quantitative estimate of drug-likeness (QED) is 0.624. The molecule has 0 aliphatic carbocycles. The van der Waals surface area contributed by atoms with Gasteiger partial charge in [0.1, 0.15) is 11.6 Å². The lowest BCUT2D eigenvalue weighted by Crippen LogP contribution is -2.37. The molecule has 1 atom stereocenters. The Balaban J connectivity index is 2.85. The molecular weight excluding hydrogens is 340 g/mol. The summed E-state index contributed by atoms with van der Waals surface area (Å²) in [4.78, 5) is 11.9. The molecule has 0 saturated heterocycles. The number of amides is 1. The van der Waals surface area contributed by atoms with E-state index < -0.39 is 17.5 Å². The lowest BCUT2D eigenvalue weighted by molar-refractivity contribution is 0.0932. The Labute approximate surface area is 124 Å². The molecule has 1 aromatic rings. The number of nitrogens with one attached hydrogen (secondary N) is 1. The molecule has 0 spiro atoms. The van der Waals surface area contributed by atoms with Gasteiger partial charge >= 0.3 is 0 Å². The smallest absolute Gasteiger partial charge is 0.254 e. The van der Waals surface area contributed by atoms with E-state index >= 15 is 0 Å². The molecule has 0 saturated carbocycles. The summed E-state index contributed by atoms with van der Waals surface area (Å²) in [6.45, 7) is 4.04. The zero-order valence-corrected chi connectivity index (χ0v) is 13.0. The van der Waals surface area contributed by atoms with Crippen molar-refractivity contribution in [2.45, 2.75) is 26.3 Å². The molecular formula is C13H15BrClF2NO. The Kier molecular flexibility index (Phi) is 6.20. The molecule has 0 radical (unpaired) electrons. The van der Waals surface area contributed by atoms with Gasteiger partial charge in [-0.05, 0) is 24.5 Å². The molecule has 0 aromatic heterocycles. The van der Waals surface area contributed by atoms with E-state index in [-0.39, 0.29) is 16.6 Å². The highest BCUT2D eigenvalue weighted by Crippen LogP contribution is 2.19. The molecule has 1 aromatic carbocycles. The van der Waals surface area contributed by atoms with Gasteiger partial charge in [-0.15, -0.1) is 0 Å². The van der Waals surface area contributed by atoms with Crippen molar-refractivity contribution in [3.8, 4) is 0 Å². The number of benzene rings is 1. The number of alkyl halides is 1. The molecule has 106 valence electrons. The van der Waals surface area contributed by atoms with Crippen molar-refractivity contribution >= 4 is 33.4 Å². The molecule has 1 N–H and O–H groups in total. The number of hydrogen-bond donors (Lipinski definition) is 1. The zero-order valence-electron chi connectivity index (χ0n) is 10.6. The van der Waals surface area contributed by atoms with Crippen LogP contribution in [-0.2, 0) is 0 Å². The minimum Gasteiger partial charge on any atom is -0.348 e. The maximum atomic E-state index is 13.6. The highest BCUT2D eigenvalue weighted by Gasteiger charge is 2.19. The highest BCUT2D eigenvalue weighted by atomic mass is 79.9. The van der Waals surface area contributed by atoms with Gasteiger partial charge < -0.3 is 5.32 Å². The van der Waals surface area contributed by atoms with E-state index in [1.54, 1.807) is 0 Å². The normalized spacial score (nSPS) is 12.6. The molecule has 6 heteroatoms. The van der Waals surface area contributed by atoms with Gasteiger partial charge in [-0.3, -0.25) is 4.79 Å². The van der Waals surface area contributed by atoms with Gasteiger partial charge in [0, 0.05) is 11.4 Å². The fourth-order valence-corrected chi connectivity index (χ4v) is 2.27. The summed E-state index contributed by atoms with van der Waals surface area (Å²) in [6, 6.07) is 1.48. The maximum absolute atomic E-state index is 13.6. The summed E-state index contributed by atoms with van der Waals surface area (Å²) in [5, 5.41) is 2.88. The molecule has 0 heterocycles. The standard InChI is InChI=1S/C13H15BrClF2NO/c1-7(2)3-8(6-14)18-13(19)9-4-12(17)10(15)5-11(9)16/h4-5,7-8H,3,6H2,1-2H3,(H,18,19). The fraction of sp³-hybridized carbons (Fsp3) is 0.462. The maximum Gasteiger partial charge on any atom is 0.254 e. The van der Waals surface area contributed by atoms with Crippen LogP contribution in [0.15, 0.2) is 12.1 Å². The first kappa shape index (κ1) is 16.4. The van der Waals surface area contributed by atoms with Gasteiger partial charge in [-0.1, -0.05) is 41.4 Å². The van der Waals surface area contributed by atoms with Crippen molar-refractivity contribution < 1.29 is 13.6 Å². The predicted molar refractivity (Wildman–Crippen MR) is 75.9 cm³/mol. The van der Waals surface area contributed by atoms with E-state index in [1.165, 1.54) is 0 Å². The Morgan fingerprint density at radius 3 is 2.53 bits per heavy atom. The first-order chi connectivity index (χ1) is 8.85. The minimum absolute atomic E-state index is 0.134. The summed E-state index contributed by atoms with van der Waals surface area (Å²) in [5.41, 5.74) is -0.336. The monoisotopic (exact) mass is 353 g/mol. The zero-order chi connectivity index (χ0) is 14.6. The lowest BCUT2D eigenvalue weighted by Gasteiger charge is -2.18. The van der Waals surface area contributed by atoms with Gasteiger partial charge in [0.05, 0.1) is 10.6 Å². The Bertz CT molecular complexity index is 468. The van der Waals surface area contributed by atoms with Crippen LogP contribution >= 0.6 is 27.5 Å². The van der Waals surface area contributed by atoms with Crippen molar-refractivity contribution in [2.75, 3.05) is 5.33 Å². The highest BCUT2D eigenvalue weighted by molar-refractivity contribution is 9.09. The Morgan fingerprint density at radius 2 is 2.00 bits per heavy atom. The van der Waals surface area contributed by atoms with Crippen LogP contribution in [0.4, 0.5) is 8.78 Å². The second kappa shape index (κ2) is 7.20. The molecule has 0 aliphatic rings. The van der Waals surface area contributed by atoms with Crippen molar-refractivity contribution in [3.63, 3.8) is 0 Å². The van der Waals surface area contributed by atoms with Crippen LogP contribution in [0.5, 0.6) is 0 Å². The van der Waals surface area contributed by atoms with Gasteiger partial charge in [0.25, 0.3) is 5.91 Å². The van der Waals surface area contributed by atoms with Crippen LogP contribution in [0.2, 0.25) is 5.02 Å². The van der Waals surface area contributed by atoms with Crippen molar-refractivity contribution in [3.05, 3.63) is 34.4 Å². The number of carbonyl (C=O) groups excluding carboxylic acids is 1. The van der Waals surface area contributed by atoms with Gasteiger partial charge in [0.15, 0.2) is 0 Å². The largest absolute Gasteiger partial charge is 0.348 e. The Hall–Kier alpha value is -0.680. The summed E-state index contributed by atoms with van der Waals surface area (Å²) in [5.74, 6) is -1.90. The third-order valence-corrected chi connectivity index (χ3v) is 3.60. The van der Waals surface area contributed by atoms with Gasteiger partial charge in [-0.2, -0.15) is 0 Å². The molecule has 1 amide bonds. The average molecular weight is 355 g/mol. The molecule has 1 unspecified atom stereocenters. The third kappa shape index (κ3) is 4.73. The van der Waals surface area contributed by atoms with Crippen LogP contribution in [-0.4, -0.2) is 17.3 Å². The predicted octanol–water partition coefficient (Wildman–Crippen LogP) is 4.16. The SMILES string of the molecule is CC(C)CC(CBr)NC(=O)c1cc(F)c(Cl)cc1F. The van der Waals surface area contributed by atoms with E-state index in [0.717, 1.165) is 18.6 Å². The van der Waals surface area contributed by atoms with Crippen molar-refractivity contribution in [2.24, 2.45) is 5.92 Å². The van der Waals surface area contributed by atoms with E-state index in [2.05, 4.69) is 21.2 Å². The van der Waals surface area contributed by atoms with Crippen LogP contribution in [0, 0.1) is 17.6 Å². The van der Waals surface area contributed by atoms with Crippen LogP contribution in [0.25, 0.3) is 0 Å². The van der Waals surface area contributed by atoms with Crippen LogP contribution in [0.3, 0.4) is 0 Å². The molecule has 2 nitrogen and oxygen atoms in total. The molecule has 1 rings (SSSR count). The van der Waals surface area contributed by atoms with Crippen LogP contribution in [0.1, 0.15) is 30.6 Å². The fourth-order valence-electron chi connectivity index (χ4n) is 1.69. The second-order valence-electron chi connectivity index (χ2n) is 4.70. The number of hydrogen-bond acceptors (Lipinski definition) is 1. The lowest BCUT2D eigenvalue weighted by atomic mass is 10.0. The minimum atomic E-state index is -0.832. The molecule has 0 fully saturated rings. The van der Waals surface area contributed by atoms with E-state index in [0.29, 0.717) is 11.2 Å². The van der Waals surface area contributed by atoms with Crippen molar-refractivity contribution in [1.29, 1.82) is 0 Å². The number of halogens is 4. The molecule has 0 bridgehead atoms. The number of rotatable bonds is 5. The average Bonchev–Trinajstić information content (AvgIpc) is 2.32. The summed E-state index contributed by atoms with van der Waals surface area (Å²) >= 11 is 8.72. The van der Waals surface area contributed by atoms with E-state index in [1.807, 2.05) is 13.8 Å². The summed E-state index contributed by atoms with van der Waals surface area (Å²) in [7, 11) is 0. The topological polar surface area (TPSA) is 29.1 Å². The van der Waals surface area contributed by atoms with Crippen molar-refractivity contribution in [1.82, 2.24) is 5.32 Å². The van der Waals surface area contributed by atoms with E-state index in [9.17, 15) is 13.6 Å². The first-order valence-electron chi connectivity index (χ1n) is 5.86. The first-order valence-corrected chi connectivity index (χ1v) is 7.36. The van der Waals surface area contributed by atoms with Gasteiger partial charge in [-0.25, -0.2) is 8.78 Å². The van der Waals surface area contributed by atoms with Gasteiger partial charge in [0.2, 0.25) is 0 Å². The molecule has 0 aliphatic heterocycles. The summed E-state index contributed by atoms with van der Waals surface area (Å²) in [6.07, 6.45) is 0.745. The number of carbonyl (C=O) groups is 1.